The summed E-state index contributed by atoms with van der Waals surface area (Å²) < 4.78 is 0. The van der Waals surface area contributed by atoms with Crippen LogP contribution in [0.15, 0.2) is 24.3 Å². The van der Waals surface area contributed by atoms with E-state index >= 15 is 0 Å². The van der Waals surface area contributed by atoms with Crippen LogP contribution in [-0.2, 0) is 6.42 Å². The number of benzene rings is 1. The summed E-state index contributed by atoms with van der Waals surface area (Å²) in [5.41, 5.74) is 7.89. The van der Waals surface area contributed by atoms with Crippen LogP contribution < -0.4 is 5.73 Å². The molecule has 19 heavy (non-hydrogen) atoms. The maximum atomic E-state index is 12.4. The van der Waals surface area contributed by atoms with Gasteiger partial charge in [0.05, 0.1) is 0 Å². The second-order valence-electron chi connectivity index (χ2n) is 6.19. The van der Waals surface area contributed by atoms with E-state index in [0.29, 0.717) is 12.0 Å². The van der Waals surface area contributed by atoms with Gasteiger partial charge >= 0.3 is 0 Å². The Morgan fingerprint density at radius 3 is 2.32 bits per heavy atom. The van der Waals surface area contributed by atoms with E-state index in [9.17, 15) is 4.79 Å². The largest absolute Gasteiger partial charge is 0.339 e. The van der Waals surface area contributed by atoms with Crippen LogP contribution in [0.5, 0.6) is 0 Å². The van der Waals surface area contributed by atoms with Gasteiger partial charge in [-0.2, -0.15) is 0 Å². The lowest BCUT2D eigenvalue weighted by atomic mass is 9.82. The van der Waals surface area contributed by atoms with Crippen molar-refractivity contribution in [3.05, 3.63) is 35.4 Å². The third-order valence-electron chi connectivity index (χ3n) is 4.04. The predicted octanol–water partition coefficient (Wildman–Crippen LogP) is 2.45. The summed E-state index contributed by atoms with van der Waals surface area (Å²) in [5, 5.41) is 0. The summed E-state index contributed by atoms with van der Waals surface area (Å²) in [5.74, 6) is 0.162. The minimum absolute atomic E-state index is 0.162. The number of likely N-dealkylation sites (tertiary alicyclic amines) is 1. The summed E-state index contributed by atoms with van der Waals surface area (Å²) in [7, 11) is 0. The SMILES string of the molecule is CC1(C)CCN(C(=O)c2ccc(CCN)cc2)CC1. The number of hydrogen-bond donors (Lipinski definition) is 1. The van der Waals surface area contributed by atoms with E-state index in [4.69, 9.17) is 5.73 Å². The van der Waals surface area contributed by atoms with Crippen LogP contribution in [0.2, 0.25) is 0 Å². The molecule has 1 amide bonds. The fourth-order valence-electron chi connectivity index (χ4n) is 2.48. The average Bonchev–Trinajstić information content (AvgIpc) is 2.39. The molecule has 1 aromatic carbocycles. The molecule has 2 rings (SSSR count). The summed E-state index contributed by atoms with van der Waals surface area (Å²) in [6, 6.07) is 7.86. The van der Waals surface area contributed by atoms with Crippen molar-refractivity contribution in [3.63, 3.8) is 0 Å². The molecule has 0 saturated carbocycles. The lowest BCUT2D eigenvalue weighted by Crippen LogP contribution is -2.41. The van der Waals surface area contributed by atoms with Crippen LogP contribution in [0, 0.1) is 5.41 Å². The van der Waals surface area contributed by atoms with Gasteiger partial charge in [-0.15, -0.1) is 0 Å². The van der Waals surface area contributed by atoms with Crippen LogP contribution in [-0.4, -0.2) is 30.4 Å². The van der Waals surface area contributed by atoms with E-state index < -0.39 is 0 Å². The number of nitrogens with two attached hydrogens (primary N) is 1. The van der Waals surface area contributed by atoms with Crippen molar-refractivity contribution in [3.8, 4) is 0 Å². The van der Waals surface area contributed by atoms with Gasteiger partial charge in [-0.25, -0.2) is 0 Å². The minimum atomic E-state index is 0.162. The molecule has 1 aliphatic heterocycles. The number of carbonyl (C=O) groups excluding carboxylic acids is 1. The molecule has 1 aromatic rings. The molecule has 0 bridgehead atoms. The van der Waals surface area contributed by atoms with Gasteiger partial charge in [-0.05, 0) is 48.9 Å². The van der Waals surface area contributed by atoms with Crippen molar-refractivity contribution in [2.24, 2.45) is 11.1 Å². The molecule has 3 heteroatoms. The fourth-order valence-corrected chi connectivity index (χ4v) is 2.48. The highest BCUT2D eigenvalue weighted by Crippen LogP contribution is 2.30. The molecular formula is C16H24N2O. The van der Waals surface area contributed by atoms with Gasteiger partial charge in [-0.3, -0.25) is 4.79 Å². The zero-order valence-electron chi connectivity index (χ0n) is 12.0. The van der Waals surface area contributed by atoms with Crippen LogP contribution >= 0.6 is 0 Å². The molecule has 0 spiro atoms. The first-order valence-electron chi connectivity index (χ1n) is 7.10. The Labute approximate surface area is 115 Å². The zero-order valence-corrected chi connectivity index (χ0v) is 12.0. The second-order valence-corrected chi connectivity index (χ2v) is 6.19. The molecule has 1 heterocycles. The van der Waals surface area contributed by atoms with Gasteiger partial charge in [0.25, 0.3) is 5.91 Å². The number of nitrogens with zero attached hydrogens (tertiary/aromatic N) is 1. The van der Waals surface area contributed by atoms with Crippen LogP contribution in [0.4, 0.5) is 0 Å². The number of piperidine rings is 1. The maximum absolute atomic E-state index is 12.4. The maximum Gasteiger partial charge on any atom is 0.253 e. The molecule has 0 atom stereocenters. The normalized spacial score (nSPS) is 18.4. The van der Waals surface area contributed by atoms with E-state index in [-0.39, 0.29) is 5.91 Å². The summed E-state index contributed by atoms with van der Waals surface area (Å²) >= 11 is 0. The third-order valence-corrected chi connectivity index (χ3v) is 4.04. The lowest BCUT2D eigenvalue weighted by Gasteiger charge is -2.37. The number of hydrogen-bond acceptors (Lipinski definition) is 2. The Morgan fingerprint density at radius 2 is 1.79 bits per heavy atom. The lowest BCUT2D eigenvalue weighted by molar-refractivity contribution is 0.0630. The van der Waals surface area contributed by atoms with Gasteiger partial charge in [0, 0.05) is 18.7 Å². The van der Waals surface area contributed by atoms with Crippen molar-refractivity contribution >= 4 is 5.91 Å². The highest BCUT2D eigenvalue weighted by Gasteiger charge is 2.28. The van der Waals surface area contributed by atoms with Crippen LogP contribution in [0.3, 0.4) is 0 Å². The summed E-state index contributed by atoms with van der Waals surface area (Å²) in [6.07, 6.45) is 3.04. The molecular weight excluding hydrogens is 236 g/mol. The third kappa shape index (κ3) is 3.57. The molecule has 3 nitrogen and oxygen atoms in total. The first kappa shape index (κ1) is 14.1. The topological polar surface area (TPSA) is 46.3 Å². The molecule has 2 N–H and O–H groups in total. The number of amides is 1. The minimum Gasteiger partial charge on any atom is -0.339 e. The van der Waals surface area contributed by atoms with Gasteiger partial charge in [-0.1, -0.05) is 26.0 Å². The van der Waals surface area contributed by atoms with Gasteiger partial charge in [0.1, 0.15) is 0 Å². The van der Waals surface area contributed by atoms with Crippen molar-refractivity contribution in [2.45, 2.75) is 33.1 Å². The van der Waals surface area contributed by atoms with Crippen molar-refractivity contribution in [2.75, 3.05) is 19.6 Å². The monoisotopic (exact) mass is 260 g/mol. The van der Waals surface area contributed by atoms with Crippen LogP contribution in [0.1, 0.15) is 42.6 Å². The Bertz CT molecular complexity index is 427. The standard InChI is InChI=1S/C16H24N2O/c1-16(2)8-11-18(12-9-16)15(19)14-5-3-13(4-6-14)7-10-17/h3-6H,7-12,17H2,1-2H3. The van der Waals surface area contributed by atoms with Gasteiger partial charge < -0.3 is 10.6 Å². The van der Waals surface area contributed by atoms with Crippen LogP contribution in [0.25, 0.3) is 0 Å². The molecule has 1 fully saturated rings. The molecule has 1 saturated heterocycles. The summed E-state index contributed by atoms with van der Waals surface area (Å²) in [4.78, 5) is 14.4. The Morgan fingerprint density at radius 1 is 1.21 bits per heavy atom. The van der Waals surface area contributed by atoms with Gasteiger partial charge in [0.15, 0.2) is 0 Å². The van der Waals surface area contributed by atoms with E-state index in [0.717, 1.165) is 37.9 Å². The quantitative estimate of drug-likeness (QED) is 0.907. The highest BCUT2D eigenvalue weighted by molar-refractivity contribution is 5.94. The molecule has 0 aromatic heterocycles. The second kappa shape index (κ2) is 5.74. The molecule has 0 radical (unpaired) electrons. The Kier molecular flexibility index (Phi) is 4.25. The van der Waals surface area contributed by atoms with E-state index in [1.54, 1.807) is 0 Å². The number of rotatable bonds is 3. The zero-order chi connectivity index (χ0) is 13.9. The average molecular weight is 260 g/mol. The smallest absolute Gasteiger partial charge is 0.253 e. The molecule has 104 valence electrons. The first-order chi connectivity index (χ1) is 9.02. The van der Waals surface area contributed by atoms with Gasteiger partial charge in [0.2, 0.25) is 0 Å². The molecule has 0 unspecified atom stereocenters. The Balaban J connectivity index is 2.00. The number of carbonyl (C=O) groups is 1. The fraction of sp³-hybridized carbons (Fsp3) is 0.562. The first-order valence-corrected chi connectivity index (χ1v) is 7.10. The van der Waals surface area contributed by atoms with Crippen molar-refractivity contribution in [1.29, 1.82) is 0 Å². The predicted molar refractivity (Wildman–Crippen MR) is 78.1 cm³/mol. The Hall–Kier alpha value is -1.35. The van der Waals surface area contributed by atoms with E-state index in [2.05, 4.69) is 13.8 Å². The molecule has 1 aliphatic rings. The summed E-state index contributed by atoms with van der Waals surface area (Å²) in [6.45, 7) is 6.94. The van der Waals surface area contributed by atoms with Crippen molar-refractivity contribution in [1.82, 2.24) is 4.90 Å². The van der Waals surface area contributed by atoms with E-state index in [1.807, 2.05) is 29.2 Å². The molecule has 0 aliphatic carbocycles. The van der Waals surface area contributed by atoms with Crippen molar-refractivity contribution < 1.29 is 4.79 Å². The van der Waals surface area contributed by atoms with E-state index in [1.165, 1.54) is 5.56 Å². The highest BCUT2D eigenvalue weighted by atomic mass is 16.2.